The first kappa shape index (κ1) is 121. The number of nitrogens with one attached hydrogen (secondary N) is 5. The lowest BCUT2D eigenvalue weighted by Crippen LogP contribution is -2.67. The number of carbonyl (C=O) groups is 12. The van der Waals surface area contributed by atoms with Gasteiger partial charge in [-0.05, 0) is 89.1 Å². The number of hydrogen-bond donors (Lipinski definition) is 6. The number of aliphatic hydroxyl groups is 1. The van der Waals surface area contributed by atoms with E-state index in [-0.39, 0.29) is 43.6 Å². The molecule has 4 unspecified atom stereocenters. The van der Waals surface area contributed by atoms with Crippen LogP contribution in [0.25, 0.3) is 22.3 Å². The van der Waals surface area contributed by atoms with Crippen molar-refractivity contribution >= 4 is 224 Å². The Hall–Kier alpha value is -9.42. The summed E-state index contributed by atoms with van der Waals surface area (Å²) in [7, 11) is -8.10. The lowest BCUT2D eigenvalue weighted by molar-refractivity contribution is -0.287. The molecule has 37 nitrogen and oxygen atoms in total. The molecule has 10 rings (SSSR count). The number of ether oxygens (including phenoxy) is 16. The Morgan fingerprint density at radius 2 is 0.746 bits per heavy atom. The van der Waals surface area contributed by atoms with Crippen LogP contribution in [0, 0.1) is 5.41 Å². The fourth-order valence-corrected chi connectivity index (χ4v) is 17.2. The van der Waals surface area contributed by atoms with Gasteiger partial charge in [-0.1, -0.05) is 262 Å². The van der Waals surface area contributed by atoms with Crippen molar-refractivity contribution in [3.8, 4) is 22.3 Å². The van der Waals surface area contributed by atoms with Gasteiger partial charge in [0.25, 0.3) is 3.79 Å². The van der Waals surface area contributed by atoms with Crippen molar-refractivity contribution in [1.29, 1.82) is 5.41 Å². The Kier molecular flexibility index (Phi) is 48.1. The van der Waals surface area contributed by atoms with Gasteiger partial charge in [0.2, 0.25) is 28.1 Å². The van der Waals surface area contributed by atoms with E-state index < -0.39 is 225 Å². The van der Waals surface area contributed by atoms with Crippen LogP contribution in [-0.2, 0) is 141 Å². The minimum atomic E-state index is -5.39. The summed E-state index contributed by atoms with van der Waals surface area (Å²) in [5.41, 5.74) is 4.51. The molecule has 2 saturated heterocycles. The number of hydrogen-bond acceptors (Lipinski definition) is 33. The molecule has 6 aromatic rings. The van der Waals surface area contributed by atoms with E-state index in [2.05, 4.69) is 37.3 Å². The summed E-state index contributed by atoms with van der Waals surface area (Å²) in [6.07, 6.45) is -19.0. The third kappa shape index (κ3) is 40.2. The predicted octanol–water partition coefficient (Wildman–Crippen LogP) is 15.8. The van der Waals surface area contributed by atoms with Crippen molar-refractivity contribution in [3.05, 3.63) is 191 Å². The van der Waals surface area contributed by atoms with Crippen LogP contribution in [0.5, 0.6) is 0 Å². The summed E-state index contributed by atoms with van der Waals surface area (Å²) in [5, 5.41) is 27.7. The van der Waals surface area contributed by atoms with Gasteiger partial charge in [0.05, 0.1) is 17.5 Å². The summed E-state index contributed by atoms with van der Waals surface area (Å²) in [4.78, 5) is 149. The first-order valence-electron chi connectivity index (χ1n) is 42.0. The number of aliphatic hydroxyl groups excluding tert-OH is 1. The maximum Gasteiger partial charge on any atom is 0.522 e. The van der Waals surface area contributed by atoms with E-state index in [9.17, 15) is 84.2 Å². The molecule has 0 saturated carbocycles. The first-order chi connectivity index (χ1) is 66.3. The van der Waals surface area contributed by atoms with Crippen molar-refractivity contribution in [1.82, 2.24) is 21.3 Å². The van der Waals surface area contributed by atoms with Crippen LogP contribution in [0.1, 0.15) is 101 Å². The highest BCUT2D eigenvalue weighted by Crippen LogP contribution is 2.47. The van der Waals surface area contributed by atoms with E-state index in [0.717, 1.165) is 91.6 Å². The fraction of sp³-hybridized carbons (Fsp3) is 0.449. The van der Waals surface area contributed by atoms with Crippen molar-refractivity contribution in [2.75, 3.05) is 45.0 Å². The van der Waals surface area contributed by atoms with Crippen LogP contribution in [0.15, 0.2) is 158 Å². The van der Waals surface area contributed by atoms with Gasteiger partial charge >= 0.3 is 87.8 Å². The average Bonchev–Trinajstić information content (AvgIpc) is 1.28. The van der Waals surface area contributed by atoms with Gasteiger partial charge in [-0.15, -0.1) is 23.2 Å². The van der Waals surface area contributed by atoms with Crippen molar-refractivity contribution in [3.63, 3.8) is 0 Å². The van der Waals surface area contributed by atoms with Gasteiger partial charge in [0.1, 0.15) is 77.1 Å². The van der Waals surface area contributed by atoms with Gasteiger partial charge < -0.3 is 106 Å². The molecule has 0 bridgehead atoms. The lowest BCUT2D eigenvalue weighted by Gasteiger charge is -2.45. The molecule has 142 heavy (non-hydrogen) atoms. The number of alkyl carbamates (subject to hydrolysis) is 4. The zero-order chi connectivity index (χ0) is 106. The van der Waals surface area contributed by atoms with Gasteiger partial charge in [0, 0.05) is 53.4 Å². The van der Waals surface area contributed by atoms with Crippen molar-refractivity contribution < 1.29 is 164 Å². The van der Waals surface area contributed by atoms with Crippen molar-refractivity contribution in [2.24, 2.45) is 0 Å². The second-order valence-electron chi connectivity index (χ2n) is 31.5. The van der Waals surface area contributed by atoms with Gasteiger partial charge in [-0.25, -0.2) is 28.8 Å². The molecule has 2 aliphatic carbocycles. The highest BCUT2D eigenvalue weighted by molar-refractivity contribution is 7.88. The van der Waals surface area contributed by atoms with Crippen LogP contribution in [0.2, 0.25) is 19.6 Å². The fourth-order valence-electron chi connectivity index (χ4n) is 13.7. The number of esters is 8. The molecule has 2 fully saturated rings. The normalized spacial score (nSPS) is 19.3. The van der Waals surface area contributed by atoms with Crippen LogP contribution >= 0.6 is 128 Å². The van der Waals surface area contributed by atoms with Crippen LogP contribution in [0.3, 0.4) is 0 Å². The second kappa shape index (κ2) is 56.3. The molecule has 53 heteroatoms. The highest BCUT2D eigenvalue weighted by atomic mass is 35.6. The molecule has 6 N–H and O–H groups in total. The summed E-state index contributed by atoms with van der Waals surface area (Å²) in [6.45, 7) is 10.7. The summed E-state index contributed by atoms with van der Waals surface area (Å²) < 4.78 is 140. The number of amides is 4. The SMILES string of the molecule is CC(=O)OCC1O[C@@H](OC(=N)C(Cl)(Cl)Cl)C(NC(=O)OCC(Cl)(Cl)Cl)[C@@H](OC(C)=O)[C@@H]1OC(C)=O.CC(=O)OCC1O[C@@H](O[C@H](C)[C@H](NC(=O)OCC2c3ccccc3-c3ccccc32)C(=O)OCc2ccccc2)C(NC(=O)OCC(Cl)(Cl)Cl)[C@@H](OC(C)=O)[C@@H]1OC(C)=O.C[C@@H](O)[C@H](NC(=O)OCC1c2ccccc2-c2ccccc21)C(=O)OCc1ccccc1.C[Si](C)(C)OS(=O)(=O)C(F)(F)F.ClCCl. The Morgan fingerprint density at radius 3 is 1.06 bits per heavy atom. The number of rotatable bonds is 31. The third-order valence-corrected chi connectivity index (χ3v) is 23.9. The second-order valence-corrected chi connectivity index (χ2v) is 45.9. The zero-order valence-electron chi connectivity index (χ0n) is 76.9. The van der Waals surface area contributed by atoms with Gasteiger partial charge in [0.15, 0.2) is 42.8 Å². The maximum atomic E-state index is 13.9. The number of fused-ring (bicyclic) bond motifs is 6. The number of alkyl halides is 14. The van der Waals surface area contributed by atoms with E-state index in [1.54, 1.807) is 30.3 Å². The Balaban J connectivity index is 0.000000320. The Bertz CT molecular complexity index is 5320. The summed E-state index contributed by atoms with van der Waals surface area (Å²) >= 11 is 60.5. The standard InChI is InChI=1S/C41H43Cl3N2O14.C26H25NO5.C17H20Cl6N2O10.C4H9F3O3SSi.CH2Cl2/c1-22(57-38-34(46-40(52)56-21-41(42,43)44)36(59-25(4)49)35(58-24(3)48)32(60-38)20-53-23(2)47)33(37(50)54-18-26-12-6-5-7-13-26)45-39(51)55-19-31-29-16-10-8-14-27(29)28-15-9-11-17-30(28)31;1-17(28)24(25(29)31-15-18-9-3-2-4-10-18)27-26(30)32-16-23-21-13-7-5-11-19(21)20-12-6-8-14-22(20)23;1-6(26)30-4-9-11(32-7(2)27)12(33-8(3)28)10(25-15(29)31-5-16(18,19)20)13(34-9)35-14(24)17(21,22)23;1-12(2,3)10-11(8,9)4(5,6)7;2-1-3/h5-17,22,31-36,38H,18-21H2,1-4H3,(H,45,51)(H,46,52);2-14,17,23-24,28H,15-16H2,1H3,(H,27,30);9-13,24H,4-5H2,1-3H3,(H,25,29);1-3H3;1H2/t22-,32?,33+,34?,35-,36-,38-;17-,24+;9?,10?,11-,12-,13+;;/m111../s1. The molecule has 6 aromatic carbocycles. The molecule has 2 heterocycles. The monoisotopic (exact) mass is 2250 g/mol. The van der Waals surface area contributed by atoms with Crippen LogP contribution in [-0.4, -0.2) is 247 Å². The van der Waals surface area contributed by atoms with E-state index in [1.807, 2.05) is 115 Å². The number of benzene rings is 6. The van der Waals surface area contributed by atoms with E-state index in [1.165, 1.54) is 33.5 Å². The predicted molar refractivity (Wildman–Crippen MR) is 514 cm³/mol. The van der Waals surface area contributed by atoms with Crippen LogP contribution in [0.4, 0.5) is 32.3 Å². The molecule has 0 aromatic heterocycles. The van der Waals surface area contributed by atoms with E-state index >= 15 is 0 Å². The molecular formula is C89H99Cl11F3N5O32SSi. The molecule has 0 spiro atoms. The summed E-state index contributed by atoms with van der Waals surface area (Å²) in [5.74, 6) is -7.94. The Labute approximate surface area is 869 Å². The molecule has 2 aliphatic heterocycles. The largest absolute Gasteiger partial charge is 0.522 e. The third-order valence-electron chi connectivity index (χ3n) is 19.3. The smallest absolute Gasteiger partial charge is 0.463 e. The van der Waals surface area contributed by atoms with E-state index in [4.69, 9.17) is 209 Å². The zero-order valence-corrected chi connectivity index (χ0v) is 87.0. The molecule has 0 radical (unpaired) electrons. The Morgan fingerprint density at radius 1 is 0.430 bits per heavy atom. The average molecular weight is 2260 g/mol. The lowest BCUT2D eigenvalue weighted by atomic mass is 9.96. The molecule has 780 valence electrons. The number of carbonyl (C=O) groups excluding carboxylic acids is 12. The minimum Gasteiger partial charge on any atom is -0.463 e. The quantitative estimate of drug-likeness (QED) is 0.00448. The van der Waals surface area contributed by atoms with Crippen LogP contribution < -0.4 is 21.3 Å². The molecule has 14 atom stereocenters. The number of halogens is 14. The topological polar surface area (TPSA) is 488 Å². The van der Waals surface area contributed by atoms with Gasteiger partial charge in [-0.2, -0.15) is 21.6 Å². The first-order valence-corrected chi connectivity index (χ1v) is 51.3. The minimum absolute atomic E-state index is 0.0509. The van der Waals surface area contributed by atoms with Gasteiger partial charge in [-0.3, -0.25) is 34.2 Å². The van der Waals surface area contributed by atoms with Crippen molar-refractivity contribution in [2.45, 2.75) is 203 Å². The molecule has 4 aliphatic rings. The summed E-state index contributed by atoms with van der Waals surface area (Å²) in [6, 6.07) is 43.5. The highest BCUT2D eigenvalue weighted by Gasteiger charge is 2.56. The van der Waals surface area contributed by atoms with E-state index in [0.29, 0.717) is 5.56 Å². The molecular weight excluding hydrogens is 2160 g/mol. The molecule has 4 amide bonds. The maximum absolute atomic E-state index is 13.9.